The van der Waals surface area contributed by atoms with Crippen LogP contribution in [-0.4, -0.2) is 35.8 Å². The molecule has 11 heteroatoms. The molecule has 1 aromatic heterocycles. The number of sulfonamides is 1. The molecule has 0 spiro atoms. The molecule has 0 bridgehead atoms. The monoisotopic (exact) mass is 484 g/mol. The Morgan fingerprint density at radius 3 is 2.48 bits per heavy atom. The number of hydrogen-bond acceptors (Lipinski definition) is 5. The maximum Gasteiger partial charge on any atom is 0.511 e. The lowest BCUT2D eigenvalue weighted by Gasteiger charge is -2.34. The first-order chi connectivity index (χ1) is 15.6. The number of hydrogen-bond donors (Lipinski definition) is 1. The molecule has 1 atom stereocenters. The van der Waals surface area contributed by atoms with Crippen molar-refractivity contribution in [2.75, 3.05) is 17.2 Å². The predicted octanol–water partition coefficient (Wildman–Crippen LogP) is 4.13. The molecule has 0 radical (unpaired) electrons. The topological polar surface area (TPSA) is 79.5 Å². The average Bonchev–Trinajstić information content (AvgIpc) is 3.62. The summed E-state index contributed by atoms with van der Waals surface area (Å²) in [6.07, 6.45) is 4.47. The molecule has 178 valence electrons. The molecule has 0 amide bonds. The predicted molar refractivity (Wildman–Crippen MR) is 115 cm³/mol. The van der Waals surface area contributed by atoms with Gasteiger partial charge in [-0.3, -0.25) is 4.98 Å². The quantitative estimate of drug-likeness (QED) is 0.646. The molecule has 6 nitrogen and oxygen atoms in total. The van der Waals surface area contributed by atoms with Crippen molar-refractivity contribution in [1.82, 2.24) is 9.29 Å². The first kappa shape index (κ1) is 22.4. The van der Waals surface area contributed by atoms with Gasteiger partial charge in [-0.2, -0.15) is 17.5 Å². The van der Waals surface area contributed by atoms with Gasteiger partial charge in [-0.25, -0.2) is 12.8 Å². The van der Waals surface area contributed by atoms with E-state index in [0.717, 1.165) is 37.4 Å². The fraction of sp³-hybridized carbons (Fsp3) is 0.500. The molecular formula is C22H24F4N4O2S. The van der Waals surface area contributed by atoms with E-state index in [2.05, 4.69) is 4.98 Å². The average molecular weight is 485 g/mol. The zero-order valence-electron chi connectivity index (χ0n) is 17.7. The maximum atomic E-state index is 13.7. The zero-order valence-corrected chi connectivity index (χ0v) is 18.5. The largest absolute Gasteiger partial charge is 0.511 e. The van der Waals surface area contributed by atoms with Crippen molar-refractivity contribution in [3.63, 3.8) is 0 Å². The van der Waals surface area contributed by atoms with Gasteiger partial charge in [0, 0.05) is 24.8 Å². The second kappa shape index (κ2) is 7.83. The summed E-state index contributed by atoms with van der Waals surface area (Å²) in [6.45, 7) is -0.419. The molecule has 2 aromatic rings. The normalized spacial score (nSPS) is 22.2. The minimum absolute atomic E-state index is 0.0595. The minimum atomic E-state index is -5.51. The molecular weight excluding hydrogens is 460 g/mol. The molecule has 2 saturated carbocycles. The van der Waals surface area contributed by atoms with Gasteiger partial charge in [0.25, 0.3) is 0 Å². The highest BCUT2D eigenvalue weighted by Crippen LogP contribution is 2.48. The number of halogens is 4. The van der Waals surface area contributed by atoms with Gasteiger partial charge in [0.2, 0.25) is 0 Å². The molecule has 0 saturated heterocycles. The fourth-order valence-corrected chi connectivity index (χ4v) is 5.66. The summed E-state index contributed by atoms with van der Waals surface area (Å²) < 4.78 is 80.0. The van der Waals surface area contributed by atoms with E-state index >= 15 is 0 Å². The standard InChI is InChI=1S/C22H24F4N4O2S/c23-18-9-28-15(8-19(18)27)10-30-20-3-1-2-16(13-4-5-13)17(20)11-29(12-21(30)14-6-7-14)33(31,32)22(24,25)26/h1-3,8-9,13-14,21H,4-7,10-12H2,(H2,27,28)/t21-/m1/s1. The summed E-state index contributed by atoms with van der Waals surface area (Å²) in [7, 11) is -5.51. The number of alkyl halides is 3. The van der Waals surface area contributed by atoms with Crippen LogP contribution in [0.5, 0.6) is 0 Å². The highest BCUT2D eigenvalue weighted by molar-refractivity contribution is 7.89. The van der Waals surface area contributed by atoms with Gasteiger partial charge in [0.05, 0.1) is 24.1 Å². The van der Waals surface area contributed by atoms with Crippen molar-refractivity contribution in [1.29, 1.82) is 0 Å². The molecule has 5 rings (SSSR count). The maximum absolute atomic E-state index is 13.7. The molecule has 1 aromatic carbocycles. The number of fused-ring (bicyclic) bond motifs is 1. The van der Waals surface area contributed by atoms with Crippen LogP contribution in [0.4, 0.5) is 28.9 Å². The summed E-state index contributed by atoms with van der Waals surface area (Å²) in [6, 6.07) is 6.51. The highest BCUT2D eigenvalue weighted by atomic mass is 32.2. The SMILES string of the molecule is Nc1cc(CN2c3cccc(C4CC4)c3CN(S(=O)(=O)C(F)(F)F)C[C@@H]2C2CC2)ncc1F. The van der Waals surface area contributed by atoms with Crippen LogP contribution in [0.15, 0.2) is 30.5 Å². The molecule has 2 heterocycles. The Labute approximate surface area is 189 Å². The molecule has 33 heavy (non-hydrogen) atoms. The van der Waals surface area contributed by atoms with Crippen LogP contribution in [0.25, 0.3) is 0 Å². The van der Waals surface area contributed by atoms with E-state index in [1.54, 1.807) is 0 Å². The summed E-state index contributed by atoms with van der Waals surface area (Å²) >= 11 is 0. The van der Waals surface area contributed by atoms with E-state index in [0.29, 0.717) is 21.2 Å². The van der Waals surface area contributed by atoms with E-state index in [-0.39, 0.29) is 37.2 Å². The van der Waals surface area contributed by atoms with Crippen molar-refractivity contribution in [2.24, 2.45) is 5.92 Å². The van der Waals surface area contributed by atoms with E-state index in [4.69, 9.17) is 5.73 Å². The number of nitrogen functional groups attached to an aromatic ring is 1. The van der Waals surface area contributed by atoms with Crippen LogP contribution in [-0.2, 0) is 23.1 Å². The Kier molecular flexibility index (Phi) is 5.32. The van der Waals surface area contributed by atoms with Crippen LogP contribution in [0.2, 0.25) is 0 Å². The van der Waals surface area contributed by atoms with Gasteiger partial charge in [-0.1, -0.05) is 12.1 Å². The number of nitrogens with two attached hydrogens (primary N) is 1. The summed E-state index contributed by atoms with van der Waals surface area (Å²) in [4.78, 5) is 6.07. The van der Waals surface area contributed by atoms with E-state index in [1.165, 1.54) is 6.07 Å². The Hall–Kier alpha value is -2.40. The lowest BCUT2D eigenvalue weighted by atomic mass is 9.99. The molecule has 0 unspecified atom stereocenters. The Bertz CT molecular complexity index is 1180. The second-order valence-electron chi connectivity index (χ2n) is 9.09. The third-order valence-corrected chi connectivity index (χ3v) is 8.26. The zero-order chi connectivity index (χ0) is 23.5. The molecule has 2 N–H and O–H groups in total. The molecule has 2 fully saturated rings. The third kappa shape index (κ3) is 4.16. The van der Waals surface area contributed by atoms with Crippen LogP contribution < -0.4 is 10.6 Å². The Morgan fingerprint density at radius 2 is 1.88 bits per heavy atom. The number of pyridine rings is 1. The molecule has 2 aliphatic carbocycles. The van der Waals surface area contributed by atoms with Crippen LogP contribution in [0.1, 0.15) is 48.4 Å². The van der Waals surface area contributed by atoms with Gasteiger partial charge in [-0.05, 0) is 60.8 Å². The third-order valence-electron chi connectivity index (χ3n) is 6.71. The van der Waals surface area contributed by atoms with Crippen molar-refractivity contribution < 1.29 is 26.0 Å². The van der Waals surface area contributed by atoms with E-state index < -0.39 is 27.4 Å². The van der Waals surface area contributed by atoms with Gasteiger partial charge in [-0.15, -0.1) is 0 Å². The summed E-state index contributed by atoms with van der Waals surface area (Å²) in [5.41, 5.74) is 2.94. The van der Waals surface area contributed by atoms with Crippen molar-refractivity contribution in [2.45, 2.75) is 56.2 Å². The molecule has 3 aliphatic rings. The van der Waals surface area contributed by atoms with Crippen LogP contribution >= 0.6 is 0 Å². The first-order valence-corrected chi connectivity index (χ1v) is 12.3. The van der Waals surface area contributed by atoms with Gasteiger partial charge in [0.1, 0.15) is 0 Å². The lowest BCUT2D eigenvalue weighted by Crippen LogP contribution is -2.47. The van der Waals surface area contributed by atoms with Crippen molar-refractivity contribution >= 4 is 21.4 Å². The van der Waals surface area contributed by atoms with Crippen molar-refractivity contribution in [3.05, 3.63) is 53.1 Å². The number of aromatic nitrogens is 1. The van der Waals surface area contributed by atoms with Crippen molar-refractivity contribution in [3.8, 4) is 0 Å². The van der Waals surface area contributed by atoms with Crippen LogP contribution in [0, 0.1) is 11.7 Å². The lowest BCUT2D eigenvalue weighted by molar-refractivity contribution is -0.0492. The van der Waals surface area contributed by atoms with E-state index in [1.807, 2.05) is 23.1 Å². The summed E-state index contributed by atoms with van der Waals surface area (Å²) in [5, 5.41) is 0. The van der Waals surface area contributed by atoms with Crippen LogP contribution in [0.3, 0.4) is 0 Å². The van der Waals surface area contributed by atoms with Gasteiger partial charge < -0.3 is 10.6 Å². The second-order valence-corrected chi connectivity index (χ2v) is 11.0. The van der Waals surface area contributed by atoms with Gasteiger partial charge >= 0.3 is 15.5 Å². The molecule has 1 aliphatic heterocycles. The number of benzene rings is 1. The van der Waals surface area contributed by atoms with E-state index in [9.17, 15) is 26.0 Å². The number of nitrogens with zero attached hydrogens (tertiary/aromatic N) is 3. The highest BCUT2D eigenvalue weighted by Gasteiger charge is 2.53. The minimum Gasteiger partial charge on any atom is -0.396 e. The van der Waals surface area contributed by atoms with Gasteiger partial charge in [0.15, 0.2) is 5.82 Å². The Morgan fingerprint density at radius 1 is 1.15 bits per heavy atom. The Balaban J connectivity index is 1.63. The summed E-state index contributed by atoms with van der Waals surface area (Å²) in [5.74, 6) is -0.370. The first-order valence-electron chi connectivity index (χ1n) is 10.9. The number of anilines is 2. The number of rotatable bonds is 5. The fourth-order valence-electron chi connectivity index (χ4n) is 4.71. The smallest absolute Gasteiger partial charge is 0.396 e.